The predicted molar refractivity (Wildman–Crippen MR) is 88.6 cm³/mol. The first-order chi connectivity index (χ1) is 9.70. The van der Waals surface area contributed by atoms with Crippen molar-refractivity contribution in [3.8, 4) is 0 Å². The van der Waals surface area contributed by atoms with Crippen molar-refractivity contribution in [2.75, 3.05) is 13.7 Å². The minimum absolute atomic E-state index is 0. The van der Waals surface area contributed by atoms with E-state index in [0.29, 0.717) is 13.0 Å². The van der Waals surface area contributed by atoms with Crippen LogP contribution in [0.4, 0.5) is 0 Å². The molecule has 0 heterocycles. The van der Waals surface area contributed by atoms with E-state index in [1.165, 1.54) is 52.1 Å². The molecule has 1 N–H and O–H groups in total. The number of esters is 1. The first kappa shape index (κ1) is 23.8. The summed E-state index contributed by atoms with van der Waals surface area (Å²) in [6.45, 7) is 2.61. The summed E-state index contributed by atoms with van der Waals surface area (Å²) in [5, 5.41) is 2.73. The van der Waals surface area contributed by atoms with Gasteiger partial charge in [-0.05, 0) is 6.42 Å². The Kier molecular flexibility index (Phi) is 21.1. The van der Waals surface area contributed by atoms with E-state index in [1.807, 2.05) is 0 Å². The van der Waals surface area contributed by atoms with Crippen LogP contribution in [-0.4, -0.2) is 76.9 Å². The molecule has 0 aliphatic heterocycles. The summed E-state index contributed by atoms with van der Waals surface area (Å²) in [5.74, 6) is -0.245. The van der Waals surface area contributed by atoms with Gasteiger partial charge in [-0.2, -0.15) is 0 Å². The quantitative estimate of drug-likeness (QED) is 0.322. The summed E-state index contributed by atoms with van der Waals surface area (Å²) in [6.07, 6.45) is 12.1. The van der Waals surface area contributed by atoms with Crippen LogP contribution in [0.1, 0.15) is 77.6 Å². The molecule has 0 unspecified atom stereocenters. The molecule has 0 saturated heterocycles. The van der Waals surface area contributed by atoms with Gasteiger partial charge in [0.2, 0.25) is 5.91 Å². The molecule has 1 amide bonds. The number of carbonyl (C=O) groups excluding carboxylic acids is 2. The fourth-order valence-corrected chi connectivity index (χ4v) is 2.09. The van der Waals surface area contributed by atoms with Gasteiger partial charge < -0.3 is 10.1 Å². The molecule has 5 heteroatoms. The van der Waals surface area contributed by atoms with Crippen molar-refractivity contribution < 1.29 is 14.3 Å². The third-order valence-corrected chi connectivity index (χ3v) is 3.39. The average Bonchev–Trinajstić information content (AvgIpc) is 2.45. The molecule has 0 aromatic carbocycles. The van der Waals surface area contributed by atoms with Crippen molar-refractivity contribution >= 4 is 63.3 Å². The number of rotatable bonds is 13. The summed E-state index contributed by atoms with van der Waals surface area (Å²) in [7, 11) is 1.35. The van der Waals surface area contributed by atoms with Gasteiger partial charge in [0.05, 0.1) is 13.5 Å². The standard InChI is InChI=1S/C16H31NO3.K.H/c1-3-4-5-6-7-8-9-10-11-12-15(18)17-14-13-16(19)20-2;;/h3-14H2,1-2H3,(H,17,18);;. The maximum absolute atomic E-state index is 11.5. The zero-order valence-corrected chi connectivity index (χ0v) is 13.2. The number of methoxy groups -OCH3 is 1. The van der Waals surface area contributed by atoms with Gasteiger partial charge in [-0.1, -0.05) is 58.3 Å². The van der Waals surface area contributed by atoms with E-state index in [1.54, 1.807) is 0 Å². The molecule has 120 valence electrons. The first-order valence-corrected chi connectivity index (χ1v) is 8.04. The summed E-state index contributed by atoms with van der Waals surface area (Å²) in [5.41, 5.74) is 0. The Labute approximate surface area is 172 Å². The van der Waals surface area contributed by atoms with Gasteiger partial charge >= 0.3 is 57.4 Å². The Morgan fingerprint density at radius 3 is 1.90 bits per heavy atom. The molecule has 0 saturated carbocycles. The van der Waals surface area contributed by atoms with Crippen LogP contribution in [0.5, 0.6) is 0 Å². The number of ether oxygens (including phenoxy) is 1. The summed E-state index contributed by atoms with van der Waals surface area (Å²) in [4.78, 5) is 22.3. The molecule has 0 aliphatic rings. The normalized spacial score (nSPS) is 9.81. The predicted octanol–water partition coefficient (Wildman–Crippen LogP) is 2.94. The van der Waals surface area contributed by atoms with Gasteiger partial charge in [0.15, 0.2) is 0 Å². The fraction of sp³-hybridized carbons (Fsp3) is 0.875. The third-order valence-electron chi connectivity index (χ3n) is 3.39. The number of unbranched alkanes of at least 4 members (excludes halogenated alkanes) is 8. The van der Waals surface area contributed by atoms with E-state index in [9.17, 15) is 9.59 Å². The molecule has 4 nitrogen and oxygen atoms in total. The average molecular weight is 326 g/mol. The SMILES string of the molecule is CCCCCCCCCCCC(=O)NCCC(=O)OC.[KH]. The minimum atomic E-state index is -0.284. The molecule has 0 aromatic heterocycles. The van der Waals surface area contributed by atoms with Crippen molar-refractivity contribution in [1.82, 2.24) is 5.32 Å². The zero-order valence-electron chi connectivity index (χ0n) is 13.2. The van der Waals surface area contributed by atoms with Crippen LogP contribution in [0.15, 0.2) is 0 Å². The van der Waals surface area contributed by atoms with Crippen LogP contribution in [0, 0.1) is 0 Å². The molecule has 0 spiro atoms. The molecule has 0 rings (SSSR count). The van der Waals surface area contributed by atoms with Crippen LogP contribution < -0.4 is 5.32 Å². The monoisotopic (exact) mass is 325 g/mol. The number of carbonyl (C=O) groups is 2. The van der Waals surface area contributed by atoms with Crippen LogP contribution in [0.3, 0.4) is 0 Å². The Bertz CT molecular complexity index is 260. The van der Waals surface area contributed by atoms with Gasteiger partial charge in [0.25, 0.3) is 0 Å². The van der Waals surface area contributed by atoms with Crippen molar-refractivity contribution in [2.24, 2.45) is 0 Å². The Morgan fingerprint density at radius 2 is 1.38 bits per heavy atom. The number of amides is 1. The van der Waals surface area contributed by atoms with Gasteiger partial charge in [-0.25, -0.2) is 0 Å². The van der Waals surface area contributed by atoms with E-state index in [-0.39, 0.29) is 69.7 Å². The Morgan fingerprint density at radius 1 is 0.857 bits per heavy atom. The van der Waals surface area contributed by atoms with Crippen LogP contribution >= 0.6 is 0 Å². The Hall–Kier alpha value is 0.576. The molecular weight excluding hydrogens is 293 g/mol. The zero-order chi connectivity index (χ0) is 15.1. The first-order valence-electron chi connectivity index (χ1n) is 8.04. The third kappa shape index (κ3) is 18.5. The summed E-state index contributed by atoms with van der Waals surface area (Å²) in [6, 6.07) is 0. The van der Waals surface area contributed by atoms with E-state index < -0.39 is 0 Å². The topological polar surface area (TPSA) is 55.4 Å². The summed E-state index contributed by atoms with van der Waals surface area (Å²) >= 11 is 0. The fourth-order valence-electron chi connectivity index (χ4n) is 2.09. The molecular formula is C16H32KNO3. The van der Waals surface area contributed by atoms with E-state index in [0.717, 1.165) is 12.8 Å². The van der Waals surface area contributed by atoms with E-state index >= 15 is 0 Å². The molecule has 0 fully saturated rings. The van der Waals surface area contributed by atoms with Crippen molar-refractivity contribution in [3.05, 3.63) is 0 Å². The van der Waals surface area contributed by atoms with E-state index in [2.05, 4.69) is 17.0 Å². The Balaban J connectivity index is 0. The van der Waals surface area contributed by atoms with Crippen molar-refractivity contribution in [3.63, 3.8) is 0 Å². The number of hydrogen-bond acceptors (Lipinski definition) is 3. The molecule has 21 heavy (non-hydrogen) atoms. The number of hydrogen-bond donors (Lipinski definition) is 1. The van der Waals surface area contributed by atoms with Gasteiger partial charge in [-0.15, -0.1) is 0 Å². The van der Waals surface area contributed by atoms with Crippen LogP contribution in [0.25, 0.3) is 0 Å². The molecule has 0 radical (unpaired) electrons. The summed E-state index contributed by atoms with van der Waals surface area (Å²) < 4.78 is 4.50. The molecule has 0 bridgehead atoms. The molecule has 0 aromatic rings. The second-order valence-electron chi connectivity index (χ2n) is 5.25. The van der Waals surface area contributed by atoms with Crippen LogP contribution in [-0.2, 0) is 14.3 Å². The van der Waals surface area contributed by atoms with Crippen molar-refractivity contribution in [2.45, 2.75) is 77.6 Å². The van der Waals surface area contributed by atoms with Gasteiger partial charge in [-0.3, -0.25) is 9.59 Å². The van der Waals surface area contributed by atoms with Crippen LogP contribution in [0.2, 0.25) is 0 Å². The van der Waals surface area contributed by atoms with Gasteiger partial charge in [0.1, 0.15) is 0 Å². The molecule has 0 atom stereocenters. The second kappa shape index (κ2) is 18.6. The second-order valence-corrected chi connectivity index (χ2v) is 5.25. The maximum atomic E-state index is 11.5. The number of nitrogens with one attached hydrogen (secondary N) is 1. The van der Waals surface area contributed by atoms with Gasteiger partial charge in [0, 0.05) is 13.0 Å². The van der Waals surface area contributed by atoms with E-state index in [4.69, 9.17) is 0 Å². The van der Waals surface area contributed by atoms with Crippen molar-refractivity contribution in [1.29, 1.82) is 0 Å². The molecule has 0 aliphatic carbocycles.